The number of benzene rings is 2. The highest BCUT2D eigenvalue weighted by atomic mass is 35.5. The quantitative estimate of drug-likeness (QED) is 0.387. The summed E-state index contributed by atoms with van der Waals surface area (Å²) in [6.07, 6.45) is 1.57. The van der Waals surface area contributed by atoms with E-state index in [9.17, 15) is 14.9 Å². The van der Waals surface area contributed by atoms with Crippen molar-refractivity contribution in [2.24, 2.45) is 0 Å². The van der Waals surface area contributed by atoms with Crippen LogP contribution in [0.2, 0.25) is 5.02 Å². The first-order valence-corrected chi connectivity index (χ1v) is 8.45. The summed E-state index contributed by atoms with van der Waals surface area (Å²) < 4.78 is 10.8. The van der Waals surface area contributed by atoms with Crippen LogP contribution in [0, 0.1) is 10.1 Å². The number of rotatable bonds is 10. The fourth-order valence-corrected chi connectivity index (χ4v) is 2.17. The maximum Gasteiger partial charge on any atom is 0.269 e. The van der Waals surface area contributed by atoms with Gasteiger partial charge < -0.3 is 14.8 Å². The normalized spacial score (nSPS) is 10.2. The number of nitro groups is 1. The summed E-state index contributed by atoms with van der Waals surface area (Å²) in [6.45, 7) is 0.933. The van der Waals surface area contributed by atoms with E-state index in [4.69, 9.17) is 21.1 Å². The molecule has 0 bridgehead atoms. The Morgan fingerprint density at radius 1 is 1.00 bits per heavy atom. The number of hydrogen-bond acceptors (Lipinski definition) is 5. The number of carbonyl (C=O) groups excluding carboxylic acids is 1. The molecule has 0 aliphatic carbocycles. The van der Waals surface area contributed by atoms with Gasteiger partial charge in [0.1, 0.15) is 11.5 Å². The second kappa shape index (κ2) is 10.2. The Kier molecular flexibility index (Phi) is 7.70. The molecule has 2 aromatic carbocycles. The molecular weight excluding hydrogens is 360 g/mol. The largest absolute Gasteiger partial charge is 0.494 e. The predicted octanol–water partition coefficient (Wildman–Crippen LogP) is 3.60. The van der Waals surface area contributed by atoms with Gasteiger partial charge in [0.2, 0.25) is 0 Å². The minimum atomic E-state index is -0.493. The number of unbranched alkanes of at least 4 members (excludes halogenated alkanes) is 1. The Balaban J connectivity index is 1.54. The van der Waals surface area contributed by atoms with E-state index in [0.717, 1.165) is 18.6 Å². The molecule has 0 aliphatic heterocycles. The number of ether oxygens (including phenoxy) is 2. The van der Waals surface area contributed by atoms with Gasteiger partial charge in [-0.25, -0.2) is 0 Å². The third-order valence-corrected chi connectivity index (χ3v) is 3.65. The minimum Gasteiger partial charge on any atom is -0.494 e. The highest BCUT2D eigenvalue weighted by molar-refractivity contribution is 6.30. The van der Waals surface area contributed by atoms with Gasteiger partial charge in [0.15, 0.2) is 6.61 Å². The number of non-ortho nitro benzene ring substituents is 1. The molecule has 0 atom stereocenters. The van der Waals surface area contributed by atoms with E-state index in [1.807, 2.05) is 0 Å². The zero-order valence-corrected chi connectivity index (χ0v) is 14.8. The van der Waals surface area contributed by atoms with Gasteiger partial charge in [0.25, 0.3) is 11.6 Å². The molecule has 0 aliphatic rings. The first-order valence-electron chi connectivity index (χ1n) is 8.07. The van der Waals surface area contributed by atoms with E-state index in [2.05, 4.69) is 5.32 Å². The lowest BCUT2D eigenvalue weighted by molar-refractivity contribution is -0.384. The van der Waals surface area contributed by atoms with Crippen molar-refractivity contribution < 1.29 is 19.2 Å². The maximum absolute atomic E-state index is 11.7. The monoisotopic (exact) mass is 378 g/mol. The fourth-order valence-electron chi connectivity index (χ4n) is 2.04. The van der Waals surface area contributed by atoms with Crippen LogP contribution in [0.5, 0.6) is 11.5 Å². The second-order valence-corrected chi connectivity index (χ2v) is 5.84. The lowest BCUT2D eigenvalue weighted by Gasteiger charge is -2.08. The van der Waals surface area contributed by atoms with Crippen LogP contribution in [0.1, 0.15) is 12.8 Å². The van der Waals surface area contributed by atoms with Gasteiger partial charge in [-0.1, -0.05) is 11.6 Å². The molecule has 1 amide bonds. The average Bonchev–Trinajstić information content (AvgIpc) is 2.64. The second-order valence-electron chi connectivity index (χ2n) is 5.40. The van der Waals surface area contributed by atoms with Crippen molar-refractivity contribution in [1.29, 1.82) is 0 Å². The summed E-state index contributed by atoms with van der Waals surface area (Å²) in [5.41, 5.74) is -0.0254. The molecule has 0 radical (unpaired) electrons. The number of nitro benzene ring substituents is 1. The number of nitrogens with one attached hydrogen (secondary N) is 1. The Labute approximate surface area is 156 Å². The molecule has 0 heterocycles. The number of carbonyl (C=O) groups is 1. The summed E-state index contributed by atoms with van der Waals surface area (Å²) in [5, 5.41) is 14.0. The summed E-state index contributed by atoms with van der Waals surface area (Å²) in [7, 11) is 0. The van der Waals surface area contributed by atoms with Crippen LogP contribution in [-0.2, 0) is 4.79 Å². The molecule has 0 saturated heterocycles. The zero-order valence-electron chi connectivity index (χ0n) is 14.0. The number of hydrogen-bond donors (Lipinski definition) is 1. The molecule has 138 valence electrons. The Morgan fingerprint density at radius 2 is 1.62 bits per heavy atom. The molecule has 0 spiro atoms. The lowest BCUT2D eigenvalue weighted by Crippen LogP contribution is -2.29. The van der Waals surface area contributed by atoms with Crippen LogP contribution in [0.3, 0.4) is 0 Å². The van der Waals surface area contributed by atoms with Gasteiger partial charge in [0, 0.05) is 23.7 Å². The van der Waals surface area contributed by atoms with Gasteiger partial charge in [-0.15, -0.1) is 0 Å². The van der Waals surface area contributed by atoms with Gasteiger partial charge in [-0.2, -0.15) is 0 Å². The standard InChI is InChI=1S/C18H19ClN2O5/c19-14-3-7-16(8-4-14)25-12-2-1-11-20-18(22)13-26-17-9-5-15(6-10-17)21(23)24/h3-10H,1-2,11-13H2,(H,20,22). The Bertz CT molecular complexity index is 719. The Hall–Kier alpha value is -2.80. The topological polar surface area (TPSA) is 90.7 Å². The molecule has 8 heteroatoms. The summed E-state index contributed by atoms with van der Waals surface area (Å²) >= 11 is 5.80. The summed E-state index contributed by atoms with van der Waals surface area (Å²) in [4.78, 5) is 21.7. The van der Waals surface area contributed by atoms with Crippen molar-refractivity contribution in [3.8, 4) is 11.5 Å². The van der Waals surface area contributed by atoms with E-state index in [-0.39, 0.29) is 18.2 Å². The fraction of sp³-hybridized carbons (Fsp3) is 0.278. The summed E-state index contributed by atoms with van der Waals surface area (Å²) in [6, 6.07) is 12.7. The van der Waals surface area contributed by atoms with Gasteiger partial charge in [0.05, 0.1) is 11.5 Å². The Morgan fingerprint density at radius 3 is 2.27 bits per heavy atom. The highest BCUT2D eigenvalue weighted by Crippen LogP contribution is 2.17. The van der Waals surface area contributed by atoms with Crippen molar-refractivity contribution in [3.05, 3.63) is 63.7 Å². The molecule has 26 heavy (non-hydrogen) atoms. The third-order valence-electron chi connectivity index (χ3n) is 3.39. The van der Waals surface area contributed by atoms with Gasteiger partial charge in [-0.3, -0.25) is 14.9 Å². The molecule has 0 saturated carbocycles. The zero-order chi connectivity index (χ0) is 18.8. The van der Waals surface area contributed by atoms with Gasteiger partial charge in [-0.05, 0) is 49.2 Å². The average molecular weight is 379 g/mol. The van der Waals surface area contributed by atoms with Crippen molar-refractivity contribution in [2.45, 2.75) is 12.8 Å². The van der Waals surface area contributed by atoms with E-state index < -0.39 is 4.92 Å². The smallest absolute Gasteiger partial charge is 0.269 e. The van der Waals surface area contributed by atoms with Gasteiger partial charge >= 0.3 is 0 Å². The molecule has 7 nitrogen and oxygen atoms in total. The molecule has 0 aromatic heterocycles. The maximum atomic E-state index is 11.7. The lowest BCUT2D eigenvalue weighted by atomic mass is 10.3. The van der Waals surface area contributed by atoms with Crippen LogP contribution in [-0.4, -0.2) is 30.6 Å². The number of amides is 1. The van der Waals surface area contributed by atoms with Crippen molar-refractivity contribution in [1.82, 2.24) is 5.32 Å². The molecule has 2 rings (SSSR count). The van der Waals surface area contributed by atoms with Crippen LogP contribution in [0.15, 0.2) is 48.5 Å². The summed E-state index contributed by atoms with van der Waals surface area (Å²) in [5.74, 6) is 0.916. The van der Waals surface area contributed by atoms with E-state index in [0.29, 0.717) is 23.9 Å². The minimum absolute atomic E-state index is 0.0254. The molecule has 0 unspecified atom stereocenters. The number of halogens is 1. The van der Waals surface area contributed by atoms with Crippen LogP contribution in [0.25, 0.3) is 0 Å². The van der Waals surface area contributed by atoms with Crippen molar-refractivity contribution >= 4 is 23.2 Å². The molecular formula is C18H19ClN2O5. The number of nitrogens with zero attached hydrogens (tertiary/aromatic N) is 1. The third kappa shape index (κ3) is 6.98. The predicted molar refractivity (Wildman–Crippen MR) is 97.8 cm³/mol. The van der Waals surface area contributed by atoms with Crippen molar-refractivity contribution in [3.63, 3.8) is 0 Å². The first-order chi connectivity index (χ1) is 12.5. The molecule has 0 fully saturated rings. The van der Waals surface area contributed by atoms with E-state index in [1.54, 1.807) is 24.3 Å². The molecule has 1 N–H and O–H groups in total. The highest BCUT2D eigenvalue weighted by Gasteiger charge is 2.06. The molecule has 2 aromatic rings. The first kappa shape index (κ1) is 19.5. The van der Waals surface area contributed by atoms with Crippen LogP contribution in [0.4, 0.5) is 5.69 Å². The van der Waals surface area contributed by atoms with Crippen LogP contribution < -0.4 is 14.8 Å². The SMILES string of the molecule is O=C(COc1ccc([N+](=O)[O-])cc1)NCCCCOc1ccc(Cl)cc1. The van der Waals surface area contributed by atoms with Crippen molar-refractivity contribution in [2.75, 3.05) is 19.8 Å². The van der Waals surface area contributed by atoms with E-state index >= 15 is 0 Å². The van der Waals surface area contributed by atoms with Crippen LogP contribution >= 0.6 is 11.6 Å². The van der Waals surface area contributed by atoms with E-state index in [1.165, 1.54) is 24.3 Å².